The average molecular weight is 786 g/mol. The minimum Gasteiger partial charge on any atom is -1.00 e. The monoisotopic (exact) mass is 784 g/mol. The Hall–Kier alpha value is -3.88. The summed E-state index contributed by atoms with van der Waals surface area (Å²) in [5.41, 5.74) is 2.77. The van der Waals surface area contributed by atoms with Crippen molar-refractivity contribution in [3.8, 4) is 11.5 Å². The van der Waals surface area contributed by atoms with Crippen molar-refractivity contribution in [2.24, 2.45) is 5.41 Å². The van der Waals surface area contributed by atoms with Gasteiger partial charge in [-0.05, 0) is 52.9 Å². The third kappa shape index (κ3) is 12.9. The molecule has 2 aliphatic heterocycles. The Morgan fingerprint density at radius 2 is 1.07 bits per heavy atom. The van der Waals surface area contributed by atoms with E-state index in [-0.39, 0.29) is 55.0 Å². The van der Waals surface area contributed by atoms with E-state index in [9.17, 15) is 28.8 Å². The molecule has 0 fully saturated rings. The number of methoxy groups -OCH3 is 5. The zero-order chi connectivity index (χ0) is 39.3. The summed E-state index contributed by atoms with van der Waals surface area (Å²) < 4.78 is 24.4. The van der Waals surface area contributed by atoms with Gasteiger partial charge in [-0.1, -0.05) is 39.8 Å². The van der Waals surface area contributed by atoms with Crippen molar-refractivity contribution in [1.29, 1.82) is 0 Å². The smallest absolute Gasteiger partial charge is 1.00 e. The molecule has 15 heteroatoms. The molecule has 2 unspecified atom stereocenters. The molecule has 2 aliphatic rings. The van der Waals surface area contributed by atoms with Crippen LogP contribution in [0.5, 0.6) is 11.5 Å². The molecule has 4 rings (SSSR count). The molecule has 2 amide bonds. The molecule has 0 bridgehead atoms. The van der Waals surface area contributed by atoms with E-state index < -0.39 is 53.0 Å². The average Bonchev–Trinajstić information content (AvgIpc) is 3.17. The number of nitrogens with zero attached hydrogens (tertiary/aromatic N) is 2. The Bertz CT molecular complexity index is 1610. The summed E-state index contributed by atoms with van der Waals surface area (Å²) in [6.45, 7) is 12.1. The molecule has 2 atom stereocenters. The van der Waals surface area contributed by atoms with Crippen LogP contribution < -0.4 is 21.9 Å². The predicted molar refractivity (Wildman–Crippen MR) is 198 cm³/mol. The van der Waals surface area contributed by atoms with E-state index in [0.29, 0.717) is 24.3 Å². The van der Waals surface area contributed by atoms with Crippen LogP contribution in [0.3, 0.4) is 0 Å². The Labute approximate surface area is 341 Å². The second-order valence-electron chi connectivity index (χ2n) is 13.2. The molecule has 0 N–H and O–H groups in total. The number of esters is 3. The van der Waals surface area contributed by atoms with Crippen LogP contribution in [-0.4, -0.2) is 116 Å². The molecule has 0 spiro atoms. The van der Waals surface area contributed by atoms with Crippen molar-refractivity contribution in [2.75, 3.05) is 35.5 Å². The first kappa shape index (κ1) is 50.1. The number of hydrogen-bond donors (Lipinski definition) is 0. The number of ketones is 1. The van der Waals surface area contributed by atoms with Gasteiger partial charge in [0.25, 0.3) is 5.91 Å². The number of carbonyl (C=O) groups is 6. The second-order valence-corrected chi connectivity index (χ2v) is 13.2. The van der Waals surface area contributed by atoms with E-state index in [0.717, 1.165) is 29.4 Å². The van der Waals surface area contributed by atoms with Gasteiger partial charge in [-0.25, -0.2) is 14.4 Å². The fourth-order valence-corrected chi connectivity index (χ4v) is 5.28. The minimum atomic E-state index is -1.01. The third-order valence-corrected chi connectivity index (χ3v) is 9.32. The van der Waals surface area contributed by atoms with Crippen molar-refractivity contribution < 1.29 is 64.9 Å². The number of halogens is 1. The Kier molecular flexibility index (Phi) is 21.5. The number of ether oxygens (including phenoxy) is 5. The summed E-state index contributed by atoms with van der Waals surface area (Å²) in [5, 5.41) is 0. The van der Waals surface area contributed by atoms with E-state index in [2.05, 4.69) is 25.5 Å². The van der Waals surface area contributed by atoms with Crippen LogP contribution in [0.4, 0.5) is 0 Å². The molecule has 54 heavy (non-hydrogen) atoms. The molecule has 0 saturated heterocycles. The van der Waals surface area contributed by atoms with Gasteiger partial charge in [0.05, 0.1) is 35.5 Å². The van der Waals surface area contributed by atoms with E-state index in [1.165, 1.54) is 36.4 Å². The number of benzene rings is 2. The first-order valence-electron chi connectivity index (χ1n) is 17.0. The molecule has 2 aromatic rings. The Balaban J connectivity index is 0.000000899. The first-order chi connectivity index (χ1) is 24.5. The SMILES string of the molecule is CCC(C)(C)C(=O)C(=O)N1Cc2cc(OC)ccc2CC1C(=O)OC.CC[C-](C)C.COC(=O)C(=O)N1Cc2cc(OC)ccc2CC1C(=O)OC.[Cl-].[Mg+2]. The number of carbonyl (C=O) groups excluding carboxylic acids is 6. The molecule has 2 heterocycles. The molecular weight excluding hydrogens is 732 g/mol. The Morgan fingerprint density at radius 3 is 1.39 bits per heavy atom. The molecule has 294 valence electrons. The first-order valence-corrected chi connectivity index (χ1v) is 17.0. The zero-order valence-corrected chi connectivity index (χ0v) is 35.5. The standard InChI is InChI=1S/C19H25NO5.C15H17NO6.C5H11.ClH.Mg/c1-6-19(2,3)16(21)17(22)20-11-13-9-14(24-4)8-7-12(13)10-15(20)18(23)25-5;1-20-11-5-4-9-7-12(14(18)21-2)16(8-10(9)6-11)13(17)15(19)22-3;1-4-5(2)3;;/h7-9,15H,6,10-11H2,1-5H3;4-6,12H,7-8H2,1-3H3;4H2,1-3H3;1H;/q;;-1;;+2/p-1. The topological polar surface area (TPSA) is 155 Å². The molecule has 2 aromatic carbocycles. The van der Waals surface area contributed by atoms with Crippen LogP contribution in [0.2, 0.25) is 0 Å². The van der Waals surface area contributed by atoms with Crippen molar-refractivity contribution in [3.63, 3.8) is 0 Å². The predicted octanol–water partition coefficient (Wildman–Crippen LogP) is 1.06. The van der Waals surface area contributed by atoms with Gasteiger partial charge in [-0.2, -0.15) is 20.3 Å². The van der Waals surface area contributed by atoms with Crippen LogP contribution in [-0.2, 0) is 68.9 Å². The summed E-state index contributed by atoms with van der Waals surface area (Å²) in [6, 6.07) is 9.28. The van der Waals surface area contributed by atoms with Gasteiger partial charge in [0.2, 0.25) is 5.78 Å². The Morgan fingerprint density at radius 1 is 0.685 bits per heavy atom. The maximum atomic E-state index is 12.8. The number of fused-ring (bicyclic) bond motifs is 2. The van der Waals surface area contributed by atoms with Crippen LogP contribution in [0.15, 0.2) is 36.4 Å². The quantitative estimate of drug-likeness (QED) is 0.124. The maximum absolute atomic E-state index is 12.8. The van der Waals surface area contributed by atoms with E-state index in [4.69, 9.17) is 18.9 Å². The zero-order valence-electron chi connectivity index (χ0n) is 33.3. The maximum Gasteiger partial charge on any atom is 2.00 e. The van der Waals surface area contributed by atoms with Gasteiger partial charge in [0, 0.05) is 31.3 Å². The molecule has 0 aromatic heterocycles. The summed E-state index contributed by atoms with van der Waals surface area (Å²) in [7, 11) is 6.75. The van der Waals surface area contributed by atoms with Crippen molar-refractivity contribution >= 4 is 58.6 Å². The van der Waals surface area contributed by atoms with E-state index in [1.807, 2.05) is 31.2 Å². The normalized spacial score (nSPS) is 15.4. The number of rotatable bonds is 8. The number of hydrogen-bond acceptors (Lipinski definition) is 11. The van der Waals surface area contributed by atoms with Gasteiger partial charge >= 0.3 is 46.9 Å². The number of Topliss-reactive ketones (excluding diaryl/α,β-unsaturated/α-hetero) is 1. The van der Waals surface area contributed by atoms with Crippen molar-refractivity contribution in [2.45, 2.75) is 92.4 Å². The van der Waals surface area contributed by atoms with E-state index >= 15 is 0 Å². The van der Waals surface area contributed by atoms with Crippen LogP contribution in [0.1, 0.15) is 76.6 Å². The van der Waals surface area contributed by atoms with Gasteiger partial charge in [-0.3, -0.25) is 14.4 Å². The molecule has 0 saturated carbocycles. The van der Waals surface area contributed by atoms with Gasteiger partial charge in [0.15, 0.2) is 0 Å². The summed E-state index contributed by atoms with van der Waals surface area (Å²) in [5.74, 6) is -1.29. The van der Waals surface area contributed by atoms with Crippen molar-refractivity contribution in [1.82, 2.24) is 9.80 Å². The molecular formula is C39H53ClMgN2O11. The molecule has 13 nitrogen and oxygen atoms in total. The van der Waals surface area contributed by atoms with Crippen molar-refractivity contribution in [3.05, 3.63) is 64.6 Å². The fourth-order valence-electron chi connectivity index (χ4n) is 5.28. The van der Waals surface area contributed by atoms with E-state index in [1.54, 1.807) is 40.2 Å². The minimum absolute atomic E-state index is 0. The van der Waals surface area contributed by atoms with Crippen LogP contribution in [0.25, 0.3) is 0 Å². The number of amides is 2. The van der Waals surface area contributed by atoms with Gasteiger partial charge in [-0.15, -0.1) is 0 Å². The second kappa shape index (κ2) is 23.1. The van der Waals surface area contributed by atoms with Crippen LogP contribution >= 0.6 is 0 Å². The summed E-state index contributed by atoms with van der Waals surface area (Å²) >= 11 is 0. The molecule has 0 aliphatic carbocycles. The summed E-state index contributed by atoms with van der Waals surface area (Å²) in [4.78, 5) is 75.7. The molecule has 0 radical (unpaired) electrons. The van der Waals surface area contributed by atoms with Gasteiger partial charge in [0.1, 0.15) is 23.6 Å². The van der Waals surface area contributed by atoms with Gasteiger partial charge < -0.3 is 51.8 Å². The van der Waals surface area contributed by atoms with Crippen LogP contribution in [0, 0.1) is 11.3 Å². The fraction of sp³-hybridized carbons (Fsp3) is 0.513. The summed E-state index contributed by atoms with van der Waals surface area (Å²) in [6.07, 6.45) is 2.35. The third-order valence-electron chi connectivity index (χ3n) is 9.32. The largest absolute Gasteiger partial charge is 2.00 e.